The summed E-state index contributed by atoms with van der Waals surface area (Å²) in [6.07, 6.45) is 3.50. The van der Waals surface area contributed by atoms with Crippen molar-refractivity contribution in [2.24, 2.45) is 0 Å². The lowest BCUT2D eigenvalue weighted by Crippen LogP contribution is -2.44. The molecule has 0 saturated carbocycles. The van der Waals surface area contributed by atoms with Gasteiger partial charge < -0.3 is 10.1 Å². The van der Waals surface area contributed by atoms with Crippen LogP contribution < -0.4 is 5.32 Å². The third kappa shape index (κ3) is 2.80. The molecule has 18 heavy (non-hydrogen) atoms. The van der Waals surface area contributed by atoms with Gasteiger partial charge in [-0.3, -0.25) is 0 Å². The Kier molecular flexibility index (Phi) is 4.06. The van der Waals surface area contributed by atoms with Crippen molar-refractivity contribution in [2.75, 3.05) is 23.4 Å². The number of hydrogen-bond acceptors (Lipinski definition) is 3. The molecule has 2 atom stereocenters. The fraction of sp³-hybridized carbons (Fsp3) is 0.571. The molecule has 1 spiro atoms. The molecule has 0 amide bonds. The molecule has 0 aromatic heterocycles. The van der Waals surface area contributed by atoms with E-state index in [0.717, 1.165) is 19.4 Å². The SMILES string of the molecule is Ic1ccccc1NC1CCOC2(CCSC2)C1. The smallest absolute Gasteiger partial charge is 0.0799 e. The van der Waals surface area contributed by atoms with E-state index < -0.39 is 0 Å². The minimum absolute atomic E-state index is 0.167. The van der Waals surface area contributed by atoms with Crippen LogP contribution in [0.5, 0.6) is 0 Å². The predicted octanol–water partition coefficient (Wildman–Crippen LogP) is 3.76. The van der Waals surface area contributed by atoms with Crippen LogP contribution in [0.3, 0.4) is 0 Å². The maximum Gasteiger partial charge on any atom is 0.0799 e. The van der Waals surface area contributed by atoms with E-state index in [2.05, 4.69) is 52.2 Å². The number of para-hydroxylation sites is 1. The zero-order valence-corrected chi connectivity index (χ0v) is 13.3. The van der Waals surface area contributed by atoms with Gasteiger partial charge in [0.05, 0.1) is 5.60 Å². The first-order valence-corrected chi connectivity index (χ1v) is 8.74. The molecule has 2 heterocycles. The standard InChI is InChI=1S/C14H18INOS/c15-12-3-1-2-4-13(12)16-11-5-7-17-14(9-11)6-8-18-10-14/h1-4,11,16H,5-10H2. The summed E-state index contributed by atoms with van der Waals surface area (Å²) in [5, 5.41) is 3.70. The summed E-state index contributed by atoms with van der Waals surface area (Å²) < 4.78 is 7.36. The highest BCUT2D eigenvalue weighted by molar-refractivity contribution is 14.1. The van der Waals surface area contributed by atoms with Crippen molar-refractivity contribution in [3.05, 3.63) is 27.8 Å². The Morgan fingerprint density at radius 1 is 1.39 bits per heavy atom. The van der Waals surface area contributed by atoms with Gasteiger partial charge in [0.15, 0.2) is 0 Å². The molecule has 2 aliphatic rings. The van der Waals surface area contributed by atoms with Crippen molar-refractivity contribution in [2.45, 2.75) is 30.9 Å². The van der Waals surface area contributed by atoms with E-state index in [1.807, 2.05) is 11.8 Å². The van der Waals surface area contributed by atoms with Crippen molar-refractivity contribution in [3.63, 3.8) is 0 Å². The van der Waals surface area contributed by atoms with Crippen LogP contribution >= 0.6 is 34.4 Å². The monoisotopic (exact) mass is 375 g/mol. The third-order valence-electron chi connectivity index (χ3n) is 3.79. The third-order valence-corrected chi connectivity index (χ3v) is 5.96. The molecular weight excluding hydrogens is 357 g/mol. The van der Waals surface area contributed by atoms with Crippen LogP contribution in [0.4, 0.5) is 5.69 Å². The van der Waals surface area contributed by atoms with Crippen LogP contribution in [-0.2, 0) is 4.74 Å². The van der Waals surface area contributed by atoms with Crippen LogP contribution in [-0.4, -0.2) is 29.8 Å². The molecular formula is C14H18INOS. The summed E-state index contributed by atoms with van der Waals surface area (Å²) in [6.45, 7) is 0.904. The summed E-state index contributed by atoms with van der Waals surface area (Å²) >= 11 is 4.44. The van der Waals surface area contributed by atoms with Gasteiger partial charge in [0.2, 0.25) is 0 Å². The second kappa shape index (κ2) is 5.59. The van der Waals surface area contributed by atoms with Crippen molar-refractivity contribution in [1.82, 2.24) is 0 Å². The Hall–Kier alpha value is 0.0600. The van der Waals surface area contributed by atoms with E-state index in [4.69, 9.17) is 4.74 Å². The van der Waals surface area contributed by atoms with E-state index >= 15 is 0 Å². The van der Waals surface area contributed by atoms with E-state index in [0.29, 0.717) is 6.04 Å². The Morgan fingerprint density at radius 3 is 3.06 bits per heavy atom. The molecule has 1 aromatic rings. The highest BCUT2D eigenvalue weighted by Crippen LogP contribution is 2.39. The van der Waals surface area contributed by atoms with Gasteiger partial charge in [-0.05, 0) is 59.7 Å². The van der Waals surface area contributed by atoms with Crippen molar-refractivity contribution >= 4 is 40.0 Å². The Labute approximate surface area is 126 Å². The lowest BCUT2D eigenvalue weighted by molar-refractivity contribution is -0.0628. The van der Waals surface area contributed by atoms with Gasteiger partial charge in [-0.15, -0.1) is 0 Å². The number of ether oxygens (including phenoxy) is 1. The second-order valence-electron chi connectivity index (χ2n) is 5.15. The number of rotatable bonds is 2. The highest BCUT2D eigenvalue weighted by atomic mass is 127. The van der Waals surface area contributed by atoms with Crippen LogP contribution in [0.2, 0.25) is 0 Å². The highest BCUT2D eigenvalue weighted by Gasteiger charge is 2.40. The fourth-order valence-corrected chi connectivity index (χ4v) is 4.73. The predicted molar refractivity (Wildman–Crippen MR) is 86.4 cm³/mol. The van der Waals surface area contributed by atoms with Crippen LogP contribution in [0.15, 0.2) is 24.3 Å². The fourth-order valence-electron chi connectivity index (χ4n) is 2.81. The second-order valence-corrected chi connectivity index (χ2v) is 7.42. The zero-order valence-electron chi connectivity index (χ0n) is 10.3. The summed E-state index contributed by atoms with van der Waals surface area (Å²) in [6, 6.07) is 9.08. The van der Waals surface area contributed by atoms with Gasteiger partial charge >= 0.3 is 0 Å². The number of halogens is 1. The lowest BCUT2D eigenvalue weighted by Gasteiger charge is -2.38. The molecule has 1 aromatic carbocycles. The Morgan fingerprint density at radius 2 is 2.28 bits per heavy atom. The van der Waals surface area contributed by atoms with Gasteiger partial charge in [0, 0.05) is 27.7 Å². The largest absolute Gasteiger partial charge is 0.381 e. The lowest BCUT2D eigenvalue weighted by atomic mass is 9.90. The average molecular weight is 375 g/mol. The van der Waals surface area contributed by atoms with Crippen molar-refractivity contribution in [3.8, 4) is 0 Å². The number of hydrogen-bond donors (Lipinski definition) is 1. The molecule has 3 rings (SSSR count). The normalized spacial score (nSPS) is 31.7. The molecule has 2 fully saturated rings. The topological polar surface area (TPSA) is 21.3 Å². The number of benzene rings is 1. The molecule has 2 nitrogen and oxygen atoms in total. The van der Waals surface area contributed by atoms with Crippen LogP contribution in [0.1, 0.15) is 19.3 Å². The number of anilines is 1. The molecule has 2 unspecified atom stereocenters. The molecule has 4 heteroatoms. The van der Waals surface area contributed by atoms with E-state index in [1.165, 1.54) is 27.2 Å². The average Bonchev–Trinajstić information content (AvgIpc) is 2.80. The minimum Gasteiger partial charge on any atom is -0.381 e. The quantitative estimate of drug-likeness (QED) is 0.796. The Bertz CT molecular complexity index is 420. The van der Waals surface area contributed by atoms with Gasteiger partial charge in [0.25, 0.3) is 0 Å². The van der Waals surface area contributed by atoms with E-state index in [9.17, 15) is 0 Å². The molecule has 2 saturated heterocycles. The molecule has 1 N–H and O–H groups in total. The minimum atomic E-state index is 0.167. The Balaban J connectivity index is 1.68. The van der Waals surface area contributed by atoms with Crippen LogP contribution in [0.25, 0.3) is 0 Å². The first-order chi connectivity index (χ1) is 8.77. The molecule has 2 aliphatic heterocycles. The first-order valence-electron chi connectivity index (χ1n) is 6.50. The zero-order chi connectivity index (χ0) is 12.4. The van der Waals surface area contributed by atoms with E-state index in [1.54, 1.807) is 0 Å². The number of nitrogens with one attached hydrogen (secondary N) is 1. The summed E-state index contributed by atoms with van der Waals surface area (Å²) in [7, 11) is 0. The van der Waals surface area contributed by atoms with Crippen molar-refractivity contribution < 1.29 is 4.74 Å². The molecule has 98 valence electrons. The summed E-state index contributed by atoms with van der Waals surface area (Å²) in [4.78, 5) is 0. The maximum absolute atomic E-state index is 6.06. The van der Waals surface area contributed by atoms with Crippen molar-refractivity contribution in [1.29, 1.82) is 0 Å². The van der Waals surface area contributed by atoms with Gasteiger partial charge in [-0.2, -0.15) is 11.8 Å². The molecule has 0 bridgehead atoms. The maximum atomic E-state index is 6.06. The molecule has 0 aliphatic carbocycles. The van der Waals surface area contributed by atoms with E-state index in [-0.39, 0.29) is 5.60 Å². The number of thioether (sulfide) groups is 1. The first kappa shape index (κ1) is 13.1. The van der Waals surface area contributed by atoms with Gasteiger partial charge in [-0.25, -0.2) is 0 Å². The van der Waals surface area contributed by atoms with Crippen LogP contribution in [0, 0.1) is 3.57 Å². The molecule has 0 radical (unpaired) electrons. The summed E-state index contributed by atoms with van der Waals surface area (Å²) in [5.41, 5.74) is 1.44. The summed E-state index contributed by atoms with van der Waals surface area (Å²) in [5.74, 6) is 2.44. The van der Waals surface area contributed by atoms with Gasteiger partial charge in [0.1, 0.15) is 0 Å². The van der Waals surface area contributed by atoms with Gasteiger partial charge in [-0.1, -0.05) is 12.1 Å².